The van der Waals surface area contributed by atoms with Crippen LogP contribution in [0.1, 0.15) is 18.4 Å². The van der Waals surface area contributed by atoms with Gasteiger partial charge in [-0.2, -0.15) is 0 Å². The third-order valence-electron chi connectivity index (χ3n) is 3.17. The van der Waals surface area contributed by atoms with Gasteiger partial charge in [-0.25, -0.2) is 0 Å². The molecule has 17 heavy (non-hydrogen) atoms. The molecule has 0 amide bonds. The van der Waals surface area contributed by atoms with E-state index in [1.165, 1.54) is 18.9 Å². The predicted molar refractivity (Wildman–Crippen MR) is 67.1 cm³/mol. The van der Waals surface area contributed by atoms with E-state index >= 15 is 0 Å². The van der Waals surface area contributed by atoms with Crippen LogP contribution in [-0.2, 0) is 6.54 Å². The molecule has 0 saturated heterocycles. The van der Waals surface area contributed by atoms with Gasteiger partial charge in [-0.3, -0.25) is 15.0 Å². The van der Waals surface area contributed by atoms with Crippen LogP contribution in [0.4, 0.5) is 11.4 Å². The van der Waals surface area contributed by atoms with E-state index in [4.69, 9.17) is 0 Å². The Morgan fingerprint density at radius 3 is 2.76 bits per heavy atom. The molecule has 0 unspecified atom stereocenters. The average molecular weight is 235 g/mol. The molecule has 0 aromatic heterocycles. The van der Waals surface area contributed by atoms with Crippen LogP contribution in [0.3, 0.4) is 0 Å². The molecule has 5 heteroatoms. The summed E-state index contributed by atoms with van der Waals surface area (Å²) in [5.74, 6) is 0. The van der Waals surface area contributed by atoms with Crippen LogP contribution in [0.5, 0.6) is 0 Å². The van der Waals surface area contributed by atoms with Gasteiger partial charge in [0.15, 0.2) is 0 Å². The van der Waals surface area contributed by atoms with Crippen molar-refractivity contribution >= 4 is 11.4 Å². The van der Waals surface area contributed by atoms with Crippen LogP contribution in [0.15, 0.2) is 18.2 Å². The average Bonchev–Trinajstić information content (AvgIpc) is 3.12. The summed E-state index contributed by atoms with van der Waals surface area (Å²) in [6.45, 7) is 0.752. The quantitative estimate of drug-likeness (QED) is 0.628. The van der Waals surface area contributed by atoms with Gasteiger partial charge in [-0.1, -0.05) is 12.1 Å². The highest BCUT2D eigenvalue weighted by Gasteiger charge is 2.27. The largest absolute Gasteiger partial charge is 0.382 e. The van der Waals surface area contributed by atoms with Gasteiger partial charge in [-0.05, 0) is 25.5 Å². The SMILES string of the molecule is CNc1c(CN(C)C2CC2)cccc1[N+](=O)[O-]. The second-order valence-electron chi connectivity index (χ2n) is 4.46. The number of nitro benzene ring substituents is 1. The fraction of sp³-hybridized carbons (Fsp3) is 0.500. The summed E-state index contributed by atoms with van der Waals surface area (Å²) >= 11 is 0. The molecule has 1 fully saturated rings. The van der Waals surface area contributed by atoms with Crippen molar-refractivity contribution in [2.75, 3.05) is 19.4 Å². The van der Waals surface area contributed by atoms with Crippen LogP contribution in [0.2, 0.25) is 0 Å². The molecule has 0 aliphatic heterocycles. The molecule has 0 atom stereocenters. The van der Waals surface area contributed by atoms with Crippen LogP contribution in [0.25, 0.3) is 0 Å². The highest BCUT2D eigenvalue weighted by atomic mass is 16.6. The molecule has 1 aliphatic carbocycles. The zero-order chi connectivity index (χ0) is 12.4. The Bertz CT molecular complexity index is 430. The van der Waals surface area contributed by atoms with E-state index in [1.807, 2.05) is 6.07 Å². The molecule has 0 heterocycles. The summed E-state index contributed by atoms with van der Waals surface area (Å²) in [7, 11) is 3.79. The second kappa shape index (κ2) is 4.71. The van der Waals surface area contributed by atoms with Gasteiger partial charge in [0.25, 0.3) is 5.69 Å². The number of benzene rings is 1. The number of hydrogen-bond donors (Lipinski definition) is 1. The Morgan fingerprint density at radius 1 is 1.53 bits per heavy atom. The van der Waals surface area contributed by atoms with Gasteiger partial charge in [0.2, 0.25) is 0 Å². The standard InChI is InChI=1S/C12H17N3O2/c1-13-12-9(8-14(2)10-6-7-10)4-3-5-11(12)15(16)17/h3-5,10,13H,6-8H2,1-2H3. The molecule has 5 nitrogen and oxygen atoms in total. The fourth-order valence-electron chi connectivity index (χ4n) is 2.07. The smallest absolute Gasteiger partial charge is 0.292 e. The lowest BCUT2D eigenvalue weighted by Crippen LogP contribution is -2.20. The zero-order valence-corrected chi connectivity index (χ0v) is 10.1. The Labute approximate surface area is 101 Å². The van der Waals surface area contributed by atoms with E-state index in [9.17, 15) is 10.1 Å². The lowest BCUT2D eigenvalue weighted by atomic mass is 10.1. The minimum Gasteiger partial charge on any atom is -0.382 e. The van der Waals surface area contributed by atoms with Crippen molar-refractivity contribution in [2.24, 2.45) is 0 Å². The van der Waals surface area contributed by atoms with Crippen molar-refractivity contribution in [3.8, 4) is 0 Å². The van der Waals surface area contributed by atoms with Crippen LogP contribution in [-0.4, -0.2) is 30.0 Å². The van der Waals surface area contributed by atoms with Crippen molar-refractivity contribution in [1.82, 2.24) is 4.90 Å². The zero-order valence-electron chi connectivity index (χ0n) is 10.1. The van der Waals surface area contributed by atoms with Gasteiger partial charge in [0.05, 0.1) is 4.92 Å². The summed E-state index contributed by atoms with van der Waals surface area (Å²) in [5, 5.41) is 13.9. The molecule has 1 aromatic rings. The first-order valence-electron chi connectivity index (χ1n) is 5.77. The molecule has 1 N–H and O–H groups in total. The lowest BCUT2D eigenvalue weighted by Gasteiger charge is -2.17. The third kappa shape index (κ3) is 2.55. The summed E-state index contributed by atoms with van der Waals surface area (Å²) in [4.78, 5) is 12.8. The van der Waals surface area contributed by atoms with Gasteiger partial charge >= 0.3 is 0 Å². The first kappa shape index (κ1) is 11.9. The topological polar surface area (TPSA) is 58.4 Å². The van der Waals surface area contributed by atoms with E-state index in [2.05, 4.69) is 17.3 Å². The molecular formula is C12H17N3O2. The molecule has 2 rings (SSSR count). The molecule has 0 radical (unpaired) electrons. The number of nitrogens with zero attached hydrogens (tertiary/aromatic N) is 2. The van der Waals surface area contributed by atoms with Crippen molar-refractivity contribution in [2.45, 2.75) is 25.4 Å². The van der Waals surface area contributed by atoms with Gasteiger partial charge in [-0.15, -0.1) is 0 Å². The predicted octanol–water partition coefficient (Wildman–Crippen LogP) is 2.23. The summed E-state index contributed by atoms with van der Waals surface area (Å²) < 4.78 is 0. The molecule has 1 aromatic carbocycles. The van der Waals surface area contributed by atoms with Crippen molar-refractivity contribution in [3.63, 3.8) is 0 Å². The van der Waals surface area contributed by atoms with E-state index < -0.39 is 0 Å². The Morgan fingerprint density at radius 2 is 2.24 bits per heavy atom. The molecule has 92 valence electrons. The van der Waals surface area contributed by atoms with Crippen LogP contribution >= 0.6 is 0 Å². The van der Waals surface area contributed by atoms with Gasteiger partial charge in [0.1, 0.15) is 5.69 Å². The maximum atomic E-state index is 10.9. The molecule has 1 aliphatic rings. The number of anilines is 1. The minimum absolute atomic E-state index is 0.147. The number of nitro groups is 1. The summed E-state index contributed by atoms with van der Waals surface area (Å²) in [5.41, 5.74) is 1.76. The highest BCUT2D eigenvalue weighted by molar-refractivity contribution is 5.66. The maximum absolute atomic E-state index is 10.9. The first-order valence-corrected chi connectivity index (χ1v) is 5.77. The second-order valence-corrected chi connectivity index (χ2v) is 4.46. The first-order chi connectivity index (χ1) is 8.13. The third-order valence-corrected chi connectivity index (χ3v) is 3.17. The summed E-state index contributed by atoms with van der Waals surface area (Å²) in [6, 6.07) is 5.87. The van der Waals surface area contributed by atoms with E-state index in [0.29, 0.717) is 11.7 Å². The minimum atomic E-state index is -0.341. The van der Waals surface area contributed by atoms with E-state index in [0.717, 1.165) is 12.1 Å². The number of para-hydroxylation sites is 1. The van der Waals surface area contributed by atoms with E-state index in [-0.39, 0.29) is 10.6 Å². The van der Waals surface area contributed by atoms with Gasteiger partial charge in [0, 0.05) is 25.7 Å². The maximum Gasteiger partial charge on any atom is 0.292 e. The molecule has 1 saturated carbocycles. The van der Waals surface area contributed by atoms with E-state index in [1.54, 1.807) is 13.1 Å². The van der Waals surface area contributed by atoms with Crippen LogP contribution < -0.4 is 5.32 Å². The lowest BCUT2D eigenvalue weighted by molar-refractivity contribution is -0.384. The molecule has 0 spiro atoms. The Hall–Kier alpha value is -1.62. The molecule has 0 bridgehead atoms. The number of hydrogen-bond acceptors (Lipinski definition) is 4. The van der Waals surface area contributed by atoms with Crippen LogP contribution in [0, 0.1) is 10.1 Å². The summed E-state index contributed by atoms with van der Waals surface area (Å²) in [6.07, 6.45) is 2.47. The number of nitrogens with one attached hydrogen (secondary N) is 1. The fourth-order valence-corrected chi connectivity index (χ4v) is 2.07. The van der Waals surface area contributed by atoms with Crippen molar-refractivity contribution in [1.29, 1.82) is 0 Å². The Kier molecular flexibility index (Phi) is 3.28. The Balaban J connectivity index is 2.25. The monoisotopic (exact) mass is 235 g/mol. The highest BCUT2D eigenvalue weighted by Crippen LogP contribution is 2.31. The molecular weight excluding hydrogens is 218 g/mol. The number of rotatable bonds is 5. The normalized spacial score (nSPS) is 15.0. The van der Waals surface area contributed by atoms with Gasteiger partial charge < -0.3 is 5.32 Å². The van der Waals surface area contributed by atoms with Crippen molar-refractivity contribution in [3.05, 3.63) is 33.9 Å². The van der Waals surface area contributed by atoms with Crippen molar-refractivity contribution < 1.29 is 4.92 Å².